The molecule has 10 heteroatoms. The first-order chi connectivity index (χ1) is 27.3. The van der Waals surface area contributed by atoms with Crippen LogP contribution in [0.1, 0.15) is 123 Å². The smallest absolute Gasteiger partial charge is 0.160 e. The van der Waals surface area contributed by atoms with Gasteiger partial charge in [-0.25, -0.2) is 18.7 Å². The Kier molecular flexibility index (Phi) is 15.0. The van der Waals surface area contributed by atoms with E-state index in [0.29, 0.717) is 70.3 Å². The molecule has 0 bridgehead atoms. The van der Waals surface area contributed by atoms with E-state index in [1.165, 1.54) is 25.7 Å². The van der Waals surface area contributed by atoms with Crippen LogP contribution >= 0.6 is 11.6 Å². The van der Waals surface area contributed by atoms with Gasteiger partial charge in [-0.15, -0.1) is 6.58 Å². The Morgan fingerprint density at radius 2 is 1.77 bits per heavy atom. The van der Waals surface area contributed by atoms with Gasteiger partial charge < -0.3 is 10.2 Å². The van der Waals surface area contributed by atoms with Crippen LogP contribution in [-0.4, -0.2) is 67.7 Å². The van der Waals surface area contributed by atoms with Gasteiger partial charge in [0, 0.05) is 53.3 Å². The normalized spacial score (nSPS) is 17.7. The highest BCUT2D eigenvalue weighted by molar-refractivity contribution is 6.36. The minimum Gasteiger partial charge on any atom is -0.373 e. The van der Waals surface area contributed by atoms with Gasteiger partial charge in [-0.2, -0.15) is 5.10 Å². The molecule has 2 aromatic heterocycles. The lowest BCUT2D eigenvalue weighted by atomic mass is 9.88. The third kappa shape index (κ3) is 9.25. The average molecular weight is 803 g/mol. The van der Waals surface area contributed by atoms with E-state index in [4.69, 9.17) is 21.6 Å². The van der Waals surface area contributed by atoms with Crippen LogP contribution in [0.5, 0.6) is 0 Å². The van der Waals surface area contributed by atoms with Crippen molar-refractivity contribution in [2.24, 2.45) is 11.8 Å². The van der Waals surface area contributed by atoms with Crippen LogP contribution in [0.4, 0.5) is 14.6 Å². The first kappa shape index (κ1) is 44.3. The molecule has 1 unspecified atom stereocenters. The molecule has 3 aliphatic heterocycles. The summed E-state index contributed by atoms with van der Waals surface area (Å²) in [5, 5.41) is 12.0. The number of allylic oxidation sites excluding steroid dienone is 2. The van der Waals surface area contributed by atoms with Crippen molar-refractivity contribution in [1.82, 2.24) is 30.0 Å². The van der Waals surface area contributed by atoms with Crippen molar-refractivity contribution >= 4 is 44.8 Å². The van der Waals surface area contributed by atoms with Gasteiger partial charge in [0.1, 0.15) is 23.0 Å². The molecule has 5 heterocycles. The number of fused-ring (bicyclic) bond motifs is 2. The number of anilines is 1. The first-order valence-electron chi connectivity index (χ1n) is 21.4. The highest BCUT2D eigenvalue weighted by Crippen LogP contribution is 2.47. The van der Waals surface area contributed by atoms with E-state index in [9.17, 15) is 0 Å². The maximum atomic E-state index is 17.3. The maximum Gasteiger partial charge on any atom is 0.160 e. The number of hydrogen-bond donors (Lipinski definition) is 2. The topological polar surface area (TPSA) is 73.0 Å². The molecule has 2 fully saturated rings. The molecular formula is C47H66ClF2N7. The van der Waals surface area contributed by atoms with Crippen molar-refractivity contribution in [3.63, 3.8) is 0 Å². The number of benzene rings is 2. The summed E-state index contributed by atoms with van der Waals surface area (Å²) in [6.07, 6.45) is 13.2. The molecule has 2 atom stereocenters. The zero-order chi connectivity index (χ0) is 41.6. The molecular weight excluding hydrogens is 736 g/mol. The Bertz CT molecular complexity index is 2060. The lowest BCUT2D eigenvalue weighted by molar-refractivity contribution is 0.182. The molecule has 7 nitrogen and oxygen atoms in total. The molecule has 0 spiro atoms. The number of halogens is 3. The number of aryl methyl sites for hydroxylation is 2. The number of H-pyrrole nitrogens is 1. The van der Waals surface area contributed by atoms with E-state index < -0.39 is 11.6 Å². The number of aromatic amines is 1. The highest BCUT2D eigenvalue weighted by Gasteiger charge is 2.44. The summed E-state index contributed by atoms with van der Waals surface area (Å²) in [4.78, 5) is 14.9. The first-order valence-corrected chi connectivity index (χ1v) is 21.8. The van der Waals surface area contributed by atoms with E-state index in [2.05, 4.69) is 79.7 Å². The summed E-state index contributed by atoms with van der Waals surface area (Å²) in [5.41, 5.74) is 3.59. The fraction of sp³-hybridized carbons (Fsp3) is 0.553. The van der Waals surface area contributed by atoms with E-state index >= 15 is 8.78 Å². The van der Waals surface area contributed by atoms with Gasteiger partial charge in [-0.3, -0.25) is 10.00 Å². The van der Waals surface area contributed by atoms with Gasteiger partial charge in [0.2, 0.25) is 0 Å². The standard InChI is InChI=1S/C40H50ClF2N7.C5H10.C2H6/c1-7-15-49(26(6)18-23(3)8-2)22-27-19-24(4)31-34-38(37(43)33(36(31)42)32-28-21-44-48-29(28)20-25(5)35(32)41)46-30(47-39(34)45-27)11-14-40-12-9-16-50(40)17-10-13-40;1-4-5(2)3;1-2/h20-21,23,27H,4,6-19,22H2,1-3,5H3,(H,44,48)(H,45,46,47);4-5H,1H2,2-3H3;1-2H3/t23?,27-;;/m1../s1. The second-order valence-corrected chi connectivity index (χ2v) is 17.0. The maximum absolute atomic E-state index is 17.3. The molecule has 3 aliphatic rings. The quantitative estimate of drug-likeness (QED) is 0.131. The van der Waals surface area contributed by atoms with Gasteiger partial charge >= 0.3 is 0 Å². The summed E-state index contributed by atoms with van der Waals surface area (Å²) in [5.74, 6) is 0.756. The molecule has 0 aliphatic carbocycles. The molecule has 7 rings (SSSR count). The van der Waals surface area contributed by atoms with Crippen LogP contribution in [0.25, 0.3) is 38.5 Å². The second-order valence-electron chi connectivity index (χ2n) is 16.6. The lowest BCUT2D eigenvalue weighted by Gasteiger charge is -2.32. The van der Waals surface area contributed by atoms with Crippen LogP contribution < -0.4 is 5.32 Å². The highest BCUT2D eigenvalue weighted by atomic mass is 35.5. The van der Waals surface area contributed by atoms with Crippen molar-refractivity contribution in [2.45, 2.75) is 131 Å². The van der Waals surface area contributed by atoms with Crippen molar-refractivity contribution in [3.8, 4) is 11.1 Å². The van der Waals surface area contributed by atoms with Gasteiger partial charge in [-0.1, -0.05) is 85.7 Å². The fourth-order valence-corrected chi connectivity index (χ4v) is 9.14. The van der Waals surface area contributed by atoms with Crippen molar-refractivity contribution in [1.29, 1.82) is 0 Å². The lowest BCUT2D eigenvalue weighted by Crippen LogP contribution is -2.38. The monoisotopic (exact) mass is 802 g/mol. The van der Waals surface area contributed by atoms with Crippen LogP contribution in [0.15, 0.2) is 43.8 Å². The molecule has 0 saturated carbocycles. The summed E-state index contributed by atoms with van der Waals surface area (Å²) in [7, 11) is 0. The SMILES string of the molecule is C=C1C[C@H](CN(CCC)C(=C)CC(C)CC)Nc2nc(CCC34CCCN3CCC4)nc3c(F)c(-c4c(Cl)c(C)cc5[nH]ncc45)c(F)c1c23.C=CC(C)C.CC. The van der Waals surface area contributed by atoms with Gasteiger partial charge in [-0.05, 0) is 100 Å². The number of nitrogens with zero attached hydrogens (tertiary/aromatic N) is 5. The molecule has 2 aromatic carbocycles. The Balaban J connectivity index is 0.000000823. The number of rotatable bonds is 13. The van der Waals surface area contributed by atoms with E-state index in [1.807, 2.05) is 32.9 Å². The third-order valence-corrected chi connectivity index (χ3v) is 12.6. The zero-order valence-electron chi connectivity index (χ0n) is 35.9. The summed E-state index contributed by atoms with van der Waals surface area (Å²) in [6, 6.07) is 1.69. The predicted octanol–water partition coefficient (Wildman–Crippen LogP) is 12.7. The Labute approximate surface area is 345 Å². The van der Waals surface area contributed by atoms with Crippen LogP contribution in [0, 0.1) is 30.4 Å². The van der Waals surface area contributed by atoms with Crippen LogP contribution in [0.3, 0.4) is 0 Å². The number of hydrogen-bond acceptors (Lipinski definition) is 6. The molecule has 4 aromatic rings. The fourth-order valence-electron chi connectivity index (χ4n) is 8.89. The van der Waals surface area contributed by atoms with Crippen LogP contribution in [-0.2, 0) is 6.42 Å². The summed E-state index contributed by atoms with van der Waals surface area (Å²) < 4.78 is 34.5. The Morgan fingerprint density at radius 3 is 2.40 bits per heavy atom. The molecule has 0 amide bonds. The summed E-state index contributed by atoms with van der Waals surface area (Å²) >= 11 is 6.90. The van der Waals surface area contributed by atoms with E-state index in [-0.39, 0.29) is 38.8 Å². The van der Waals surface area contributed by atoms with Crippen molar-refractivity contribution < 1.29 is 8.78 Å². The van der Waals surface area contributed by atoms with Crippen LogP contribution in [0.2, 0.25) is 5.02 Å². The van der Waals surface area contributed by atoms with Gasteiger partial charge in [0.05, 0.1) is 27.7 Å². The largest absolute Gasteiger partial charge is 0.373 e. The minimum atomic E-state index is -0.745. The minimum absolute atomic E-state index is 0.0960. The molecule has 2 saturated heterocycles. The second kappa shape index (κ2) is 19.3. The van der Waals surface area contributed by atoms with Gasteiger partial charge in [0.25, 0.3) is 0 Å². The zero-order valence-corrected chi connectivity index (χ0v) is 36.6. The Morgan fingerprint density at radius 1 is 1.09 bits per heavy atom. The van der Waals surface area contributed by atoms with E-state index in [1.54, 1.807) is 6.20 Å². The summed E-state index contributed by atoms with van der Waals surface area (Å²) in [6.45, 7) is 32.9. The number of nitrogens with one attached hydrogen (secondary N) is 2. The Hall–Kier alpha value is -3.82. The predicted molar refractivity (Wildman–Crippen MR) is 238 cm³/mol. The van der Waals surface area contributed by atoms with Gasteiger partial charge in [0.15, 0.2) is 5.82 Å². The van der Waals surface area contributed by atoms with Crippen molar-refractivity contribution in [2.75, 3.05) is 31.5 Å². The molecule has 310 valence electrons. The average Bonchev–Trinajstić information content (AvgIpc) is 3.90. The molecule has 57 heavy (non-hydrogen) atoms. The van der Waals surface area contributed by atoms with E-state index in [0.717, 1.165) is 51.0 Å². The molecule has 0 radical (unpaired) electrons. The number of aromatic nitrogens is 4. The third-order valence-electron chi connectivity index (χ3n) is 12.1. The van der Waals surface area contributed by atoms with Crippen molar-refractivity contribution in [3.05, 3.63) is 77.4 Å². The molecule has 2 N–H and O–H groups in total.